The Morgan fingerprint density at radius 3 is 2.73 bits per heavy atom. The van der Waals surface area contributed by atoms with E-state index in [9.17, 15) is 9.59 Å². The lowest BCUT2D eigenvalue weighted by molar-refractivity contribution is -0.146. The number of anilines is 1. The van der Waals surface area contributed by atoms with E-state index in [0.717, 1.165) is 10.9 Å². The molecule has 4 rings (SSSR count). The largest absolute Gasteiger partial charge is 0.459 e. The number of aromatic nitrogens is 1. The molecule has 1 aromatic heterocycles. The van der Waals surface area contributed by atoms with Crippen molar-refractivity contribution in [2.75, 3.05) is 11.9 Å². The summed E-state index contributed by atoms with van der Waals surface area (Å²) >= 11 is 0. The van der Waals surface area contributed by atoms with Crippen molar-refractivity contribution in [1.29, 1.82) is 0 Å². The van der Waals surface area contributed by atoms with E-state index in [1.54, 1.807) is 18.2 Å². The molecule has 0 spiro atoms. The number of hydrogen-bond acceptors (Lipinski definition) is 4. The molecule has 1 aliphatic heterocycles. The molecule has 0 bridgehead atoms. The second-order valence-electron chi connectivity index (χ2n) is 6.31. The van der Waals surface area contributed by atoms with Crippen molar-refractivity contribution in [1.82, 2.24) is 4.57 Å². The zero-order valence-electron chi connectivity index (χ0n) is 14.4. The van der Waals surface area contributed by atoms with Crippen LogP contribution in [0.25, 0.3) is 10.9 Å². The van der Waals surface area contributed by atoms with Gasteiger partial charge in [-0.3, -0.25) is 4.79 Å². The van der Waals surface area contributed by atoms with Crippen LogP contribution in [0.1, 0.15) is 15.9 Å². The minimum Gasteiger partial charge on any atom is -0.459 e. The molecule has 1 atom stereocenters. The molecule has 0 aliphatic carbocycles. The third-order valence-electron chi connectivity index (χ3n) is 4.77. The molecule has 1 unspecified atom stereocenters. The summed E-state index contributed by atoms with van der Waals surface area (Å²) in [6.45, 7) is 3.62. The molecular weight excluding hydrogens is 328 g/mol. The maximum atomic E-state index is 13.4. The van der Waals surface area contributed by atoms with Crippen LogP contribution in [0.15, 0.2) is 67.4 Å². The molecule has 130 valence electrons. The van der Waals surface area contributed by atoms with Crippen molar-refractivity contribution < 1.29 is 14.3 Å². The monoisotopic (exact) mass is 346 g/mol. The van der Waals surface area contributed by atoms with Crippen molar-refractivity contribution >= 4 is 28.3 Å². The number of esters is 1. The maximum Gasteiger partial charge on any atom is 0.345 e. The molecule has 0 amide bonds. The van der Waals surface area contributed by atoms with Gasteiger partial charge in [0.1, 0.15) is 6.61 Å². The first kappa shape index (κ1) is 16.1. The highest BCUT2D eigenvalue weighted by Crippen LogP contribution is 2.43. The number of Topliss-reactive ketones (excluding diaryl/α,β-unsaturated/α-hetero) is 1. The molecule has 1 aliphatic rings. The number of rotatable bonds is 4. The third kappa shape index (κ3) is 2.10. The molecule has 0 saturated carbocycles. The van der Waals surface area contributed by atoms with E-state index >= 15 is 0 Å². The summed E-state index contributed by atoms with van der Waals surface area (Å²) in [5.41, 5.74) is 1.03. The Labute approximate surface area is 150 Å². The molecule has 0 saturated heterocycles. The molecule has 2 aromatic carbocycles. The van der Waals surface area contributed by atoms with E-state index < -0.39 is 11.5 Å². The SMILES string of the molecule is C=CCOC(=O)C1(c2cn(C)c3ccccc23)Nc2ccccc2C1=O. The van der Waals surface area contributed by atoms with Crippen LogP contribution >= 0.6 is 0 Å². The van der Waals surface area contributed by atoms with Crippen LogP contribution in [0.4, 0.5) is 5.69 Å². The number of hydrogen-bond donors (Lipinski definition) is 1. The Bertz CT molecular complexity index is 1050. The normalized spacial score (nSPS) is 18.4. The van der Waals surface area contributed by atoms with E-state index in [1.165, 1.54) is 6.08 Å². The quantitative estimate of drug-likeness (QED) is 0.447. The number of ketones is 1. The summed E-state index contributed by atoms with van der Waals surface area (Å²) in [5.74, 6) is -0.937. The van der Waals surface area contributed by atoms with Crippen LogP contribution in [-0.2, 0) is 22.1 Å². The second kappa shape index (κ2) is 5.88. The zero-order valence-corrected chi connectivity index (χ0v) is 14.4. The van der Waals surface area contributed by atoms with E-state index in [0.29, 0.717) is 16.8 Å². The number of benzene rings is 2. The van der Waals surface area contributed by atoms with Gasteiger partial charge >= 0.3 is 5.97 Å². The highest BCUT2D eigenvalue weighted by atomic mass is 16.5. The number of carbonyl (C=O) groups excluding carboxylic acids is 2. The average molecular weight is 346 g/mol. The van der Waals surface area contributed by atoms with Gasteiger partial charge in [-0.05, 0) is 18.2 Å². The van der Waals surface area contributed by atoms with Crippen molar-refractivity contribution in [2.24, 2.45) is 7.05 Å². The van der Waals surface area contributed by atoms with E-state index in [2.05, 4.69) is 11.9 Å². The van der Waals surface area contributed by atoms with Gasteiger partial charge in [-0.25, -0.2) is 4.79 Å². The van der Waals surface area contributed by atoms with Crippen molar-refractivity contribution in [2.45, 2.75) is 5.54 Å². The summed E-state index contributed by atoms with van der Waals surface area (Å²) in [6, 6.07) is 14.8. The van der Waals surface area contributed by atoms with Gasteiger partial charge < -0.3 is 14.6 Å². The predicted octanol–water partition coefficient (Wildman–Crippen LogP) is 3.41. The van der Waals surface area contributed by atoms with E-state index in [-0.39, 0.29) is 12.4 Å². The van der Waals surface area contributed by atoms with Gasteiger partial charge in [0, 0.05) is 41.0 Å². The minimum atomic E-state index is -1.60. The Balaban J connectivity index is 1.97. The van der Waals surface area contributed by atoms with Crippen molar-refractivity contribution in [3.05, 3.63) is 78.5 Å². The van der Waals surface area contributed by atoms with Gasteiger partial charge in [-0.1, -0.05) is 43.0 Å². The van der Waals surface area contributed by atoms with Gasteiger partial charge in [-0.15, -0.1) is 0 Å². The van der Waals surface area contributed by atoms with E-state index in [4.69, 9.17) is 4.74 Å². The molecular formula is C21H18N2O3. The van der Waals surface area contributed by atoms with Gasteiger partial charge in [0.05, 0.1) is 0 Å². The first-order valence-electron chi connectivity index (χ1n) is 8.34. The Morgan fingerprint density at radius 2 is 1.96 bits per heavy atom. The summed E-state index contributed by atoms with van der Waals surface area (Å²) in [7, 11) is 1.89. The Morgan fingerprint density at radius 1 is 1.23 bits per heavy atom. The van der Waals surface area contributed by atoms with Gasteiger partial charge in [0.2, 0.25) is 11.3 Å². The average Bonchev–Trinajstić information content (AvgIpc) is 3.16. The third-order valence-corrected chi connectivity index (χ3v) is 4.77. The van der Waals surface area contributed by atoms with E-state index in [1.807, 2.05) is 48.1 Å². The summed E-state index contributed by atoms with van der Waals surface area (Å²) in [6.07, 6.45) is 3.30. The van der Waals surface area contributed by atoms with Crippen LogP contribution in [0, 0.1) is 0 Å². The maximum absolute atomic E-state index is 13.4. The fourth-order valence-electron chi connectivity index (χ4n) is 3.58. The Kier molecular flexibility index (Phi) is 3.65. The molecule has 5 nitrogen and oxygen atoms in total. The number of para-hydroxylation sites is 2. The molecule has 0 radical (unpaired) electrons. The number of fused-ring (bicyclic) bond motifs is 2. The first-order valence-corrected chi connectivity index (χ1v) is 8.34. The molecule has 0 fully saturated rings. The number of carbonyl (C=O) groups is 2. The molecule has 2 heterocycles. The summed E-state index contributed by atoms with van der Waals surface area (Å²) in [4.78, 5) is 26.5. The predicted molar refractivity (Wildman–Crippen MR) is 100 cm³/mol. The van der Waals surface area contributed by atoms with Crippen LogP contribution in [0.2, 0.25) is 0 Å². The fraction of sp³-hybridized carbons (Fsp3) is 0.143. The minimum absolute atomic E-state index is 0.0383. The number of aryl methyl sites for hydroxylation is 1. The van der Waals surface area contributed by atoms with Gasteiger partial charge in [-0.2, -0.15) is 0 Å². The lowest BCUT2D eigenvalue weighted by Crippen LogP contribution is -2.47. The molecule has 5 heteroatoms. The van der Waals surface area contributed by atoms with Crippen LogP contribution in [0.3, 0.4) is 0 Å². The standard InChI is InChI=1S/C21H18N2O3/c1-3-12-26-20(25)21(19(24)15-9-4-6-10-17(15)22-21)16-13-23(2)18-11-7-5-8-14(16)18/h3-11,13,22H,1,12H2,2H3. The van der Waals surface area contributed by atoms with Crippen molar-refractivity contribution in [3.63, 3.8) is 0 Å². The summed E-state index contributed by atoms with van der Waals surface area (Å²) < 4.78 is 7.25. The van der Waals surface area contributed by atoms with Gasteiger partial charge in [0.25, 0.3) is 0 Å². The summed E-state index contributed by atoms with van der Waals surface area (Å²) in [5, 5.41) is 3.99. The van der Waals surface area contributed by atoms with Crippen LogP contribution < -0.4 is 5.32 Å². The molecule has 26 heavy (non-hydrogen) atoms. The van der Waals surface area contributed by atoms with Gasteiger partial charge in [0.15, 0.2) is 0 Å². The number of ether oxygens (including phenoxy) is 1. The highest BCUT2D eigenvalue weighted by Gasteiger charge is 2.55. The fourth-order valence-corrected chi connectivity index (χ4v) is 3.58. The highest BCUT2D eigenvalue weighted by molar-refractivity contribution is 6.26. The van der Waals surface area contributed by atoms with Crippen LogP contribution in [0.5, 0.6) is 0 Å². The lowest BCUT2D eigenvalue weighted by Gasteiger charge is -2.26. The van der Waals surface area contributed by atoms with Crippen LogP contribution in [-0.4, -0.2) is 22.9 Å². The number of nitrogens with zero attached hydrogens (tertiary/aromatic N) is 1. The number of nitrogens with one attached hydrogen (secondary N) is 1. The Hall–Kier alpha value is -3.34. The first-order chi connectivity index (χ1) is 12.6. The van der Waals surface area contributed by atoms with Crippen molar-refractivity contribution in [3.8, 4) is 0 Å². The molecule has 3 aromatic rings. The lowest BCUT2D eigenvalue weighted by atomic mass is 9.85. The topological polar surface area (TPSA) is 60.3 Å². The smallest absolute Gasteiger partial charge is 0.345 e. The molecule has 1 N–H and O–H groups in total. The zero-order chi connectivity index (χ0) is 18.3. The second-order valence-corrected chi connectivity index (χ2v) is 6.31.